The number of nitro benzene ring substituents is 1. The van der Waals surface area contributed by atoms with Crippen molar-refractivity contribution in [1.82, 2.24) is 5.32 Å². The molecule has 0 spiro atoms. The second kappa shape index (κ2) is 7.88. The van der Waals surface area contributed by atoms with Gasteiger partial charge in [0.05, 0.1) is 24.0 Å². The number of hydrogen-bond acceptors (Lipinski definition) is 4. The predicted molar refractivity (Wildman–Crippen MR) is 81.5 cm³/mol. The quantitative estimate of drug-likeness (QED) is 0.628. The Morgan fingerprint density at radius 3 is 2.65 bits per heavy atom. The van der Waals surface area contributed by atoms with Crippen molar-refractivity contribution in [3.05, 3.63) is 70.0 Å². The van der Waals surface area contributed by atoms with Crippen molar-refractivity contribution in [2.45, 2.75) is 13.0 Å². The van der Waals surface area contributed by atoms with Crippen LogP contribution in [0, 0.1) is 15.9 Å². The van der Waals surface area contributed by atoms with Crippen LogP contribution in [0.5, 0.6) is 5.75 Å². The van der Waals surface area contributed by atoms with Crippen molar-refractivity contribution in [3.8, 4) is 5.75 Å². The molecule has 0 unspecified atom stereocenters. The minimum Gasteiger partial charge on any atom is -0.493 e. The molecule has 0 aliphatic rings. The molecule has 0 heterocycles. The van der Waals surface area contributed by atoms with Gasteiger partial charge in [-0.15, -0.1) is 0 Å². The summed E-state index contributed by atoms with van der Waals surface area (Å²) in [5, 5.41) is 13.3. The number of nitro groups is 1. The average Bonchev–Trinajstić information content (AvgIpc) is 2.54. The van der Waals surface area contributed by atoms with Gasteiger partial charge in [0.1, 0.15) is 11.6 Å². The summed E-state index contributed by atoms with van der Waals surface area (Å²) in [5.41, 5.74) is 0.725. The van der Waals surface area contributed by atoms with Gasteiger partial charge in [-0.05, 0) is 23.8 Å². The Bertz CT molecular complexity index is 689. The van der Waals surface area contributed by atoms with E-state index in [1.807, 2.05) is 0 Å². The number of carbonyl (C=O) groups is 1. The van der Waals surface area contributed by atoms with E-state index in [0.29, 0.717) is 12.3 Å². The molecule has 2 aromatic rings. The molecule has 1 N–H and O–H groups in total. The second-order valence-electron chi connectivity index (χ2n) is 4.76. The molecule has 0 aliphatic carbocycles. The van der Waals surface area contributed by atoms with Gasteiger partial charge in [0, 0.05) is 12.6 Å². The van der Waals surface area contributed by atoms with Gasteiger partial charge in [0.25, 0.3) is 5.69 Å². The van der Waals surface area contributed by atoms with E-state index in [9.17, 15) is 19.3 Å². The molecule has 120 valence electrons. The van der Waals surface area contributed by atoms with Crippen LogP contribution in [0.1, 0.15) is 12.0 Å². The van der Waals surface area contributed by atoms with Gasteiger partial charge in [-0.3, -0.25) is 14.9 Å². The molecule has 0 aliphatic heterocycles. The van der Waals surface area contributed by atoms with Crippen molar-refractivity contribution >= 4 is 11.6 Å². The SMILES string of the molecule is O=C(CCOc1cccc([N+](=O)[O-])c1)NCc1ccc(F)cc1. The number of non-ortho nitro benzene ring substituents is 1. The molecule has 0 aromatic heterocycles. The van der Waals surface area contributed by atoms with Crippen LogP contribution in [0.15, 0.2) is 48.5 Å². The first-order valence-electron chi connectivity index (χ1n) is 6.93. The van der Waals surface area contributed by atoms with Gasteiger partial charge in [0.15, 0.2) is 0 Å². The molecule has 0 bridgehead atoms. The number of hydrogen-bond donors (Lipinski definition) is 1. The summed E-state index contributed by atoms with van der Waals surface area (Å²) in [6.07, 6.45) is 0.115. The van der Waals surface area contributed by atoms with Gasteiger partial charge >= 0.3 is 0 Å². The van der Waals surface area contributed by atoms with E-state index in [4.69, 9.17) is 4.74 Å². The fourth-order valence-electron chi connectivity index (χ4n) is 1.84. The van der Waals surface area contributed by atoms with Crippen molar-refractivity contribution in [3.63, 3.8) is 0 Å². The topological polar surface area (TPSA) is 81.5 Å². The molecular weight excluding hydrogens is 303 g/mol. The van der Waals surface area contributed by atoms with Crippen LogP contribution >= 0.6 is 0 Å². The van der Waals surface area contributed by atoms with Crippen LogP contribution in [0.4, 0.5) is 10.1 Å². The summed E-state index contributed by atoms with van der Waals surface area (Å²) in [4.78, 5) is 21.8. The van der Waals surface area contributed by atoms with Gasteiger partial charge in [-0.25, -0.2) is 4.39 Å². The molecule has 2 aromatic carbocycles. The van der Waals surface area contributed by atoms with E-state index in [1.54, 1.807) is 18.2 Å². The summed E-state index contributed by atoms with van der Waals surface area (Å²) in [7, 11) is 0. The summed E-state index contributed by atoms with van der Waals surface area (Å²) in [6, 6.07) is 11.6. The second-order valence-corrected chi connectivity index (χ2v) is 4.76. The monoisotopic (exact) mass is 318 g/mol. The van der Waals surface area contributed by atoms with Crippen LogP contribution in [0.2, 0.25) is 0 Å². The first-order valence-corrected chi connectivity index (χ1v) is 6.93. The highest BCUT2D eigenvalue weighted by atomic mass is 19.1. The Hall–Kier alpha value is -2.96. The van der Waals surface area contributed by atoms with E-state index in [1.165, 1.54) is 30.3 Å². The molecule has 0 radical (unpaired) electrons. The third-order valence-corrected chi connectivity index (χ3v) is 3.03. The lowest BCUT2D eigenvalue weighted by Crippen LogP contribution is -2.24. The van der Waals surface area contributed by atoms with E-state index in [0.717, 1.165) is 5.56 Å². The number of amides is 1. The summed E-state index contributed by atoms with van der Waals surface area (Å²) in [5.74, 6) is -0.212. The lowest BCUT2D eigenvalue weighted by Gasteiger charge is -2.07. The number of ether oxygens (including phenoxy) is 1. The summed E-state index contributed by atoms with van der Waals surface area (Å²) in [6.45, 7) is 0.409. The Morgan fingerprint density at radius 2 is 1.96 bits per heavy atom. The van der Waals surface area contributed by atoms with E-state index < -0.39 is 4.92 Å². The minimum atomic E-state index is -0.512. The van der Waals surface area contributed by atoms with Crippen LogP contribution < -0.4 is 10.1 Å². The van der Waals surface area contributed by atoms with Crippen LogP contribution in [-0.2, 0) is 11.3 Å². The molecule has 1 amide bonds. The standard InChI is InChI=1S/C16H15FN2O4/c17-13-6-4-12(5-7-13)11-18-16(20)8-9-23-15-3-1-2-14(10-15)19(21)22/h1-7,10H,8-9,11H2,(H,18,20). The van der Waals surface area contributed by atoms with Crippen molar-refractivity contribution in [2.75, 3.05) is 6.61 Å². The van der Waals surface area contributed by atoms with Gasteiger partial charge in [-0.1, -0.05) is 18.2 Å². The third-order valence-electron chi connectivity index (χ3n) is 3.03. The number of nitrogens with zero attached hydrogens (tertiary/aromatic N) is 1. The number of benzene rings is 2. The van der Waals surface area contributed by atoms with E-state index >= 15 is 0 Å². The number of carbonyl (C=O) groups excluding carboxylic acids is 1. The van der Waals surface area contributed by atoms with Crippen LogP contribution in [0.25, 0.3) is 0 Å². The number of halogens is 1. The van der Waals surface area contributed by atoms with Crippen molar-refractivity contribution in [2.24, 2.45) is 0 Å². The normalized spacial score (nSPS) is 10.1. The maximum Gasteiger partial charge on any atom is 0.273 e. The van der Waals surface area contributed by atoms with E-state index in [-0.39, 0.29) is 30.4 Å². The highest BCUT2D eigenvalue weighted by Crippen LogP contribution is 2.19. The van der Waals surface area contributed by atoms with Crippen molar-refractivity contribution in [1.29, 1.82) is 0 Å². The Labute approximate surface area is 132 Å². The van der Waals surface area contributed by atoms with E-state index in [2.05, 4.69) is 5.32 Å². The van der Waals surface area contributed by atoms with Crippen LogP contribution in [-0.4, -0.2) is 17.4 Å². The Morgan fingerprint density at radius 1 is 1.22 bits per heavy atom. The van der Waals surface area contributed by atoms with Crippen LogP contribution in [0.3, 0.4) is 0 Å². The molecule has 0 saturated heterocycles. The van der Waals surface area contributed by atoms with Gasteiger partial charge < -0.3 is 10.1 Å². The minimum absolute atomic E-state index is 0.0664. The third kappa shape index (κ3) is 5.39. The molecule has 2 rings (SSSR count). The predicted octanol–water partition coefficient (Wildman–Crippen LogP) is 2.82. The molecular formula is C16H15FN2O4. The Balaban J connectivity index is 1.73. The molecule has 0 saturated carbocycles. The fourth-order valence-corrected chi connectivity index (χ4v) is 1.84. The highest BCUT2D eigenvalue weighted by molar-refractivity contribution is 5.76. The largest absolute Gasteiger partial charge is 0.493 e. The first kappa shape index (κ1) is 16.4. The lowest BCUT2D eigenvalue weighted by molar-refractivity contribution is -0.384. The summed E-state index contributed by atoms with van der Waals surface area (Å²) >= 11 is 0. The maximum atomic E-state index is 12.7. The zero-order chi connectivity index (χ0) is 16.7. The number of rotatable bonds is 7. The smallest absolute Gasteiger partial charge is 0.273 e. The Kier molecular flexibility index (Phi) is 5.62. The molecule has 7 heteroatoms. The molecule has 0 atom stereocenters. The lowest BCUT2D eigenvalue weighted by atomic mass is 10.2. The van der Waals surface area contributed by atoms with Gasteiger partial charge in [-0.2, -0.15) is 0 Å². The highest BCUT2D eigenvalue weighted by Gasteiger charge is 2.07. The zero-order valence-corrected chi connectivity index (χ0v) is 12.2. The summed E-state index contributed by atoms with van der Waals surface area (Å²) < 4.78 is 18.1. The maximum absolute atomic E-state index is 12.7. The fraction of sp³-hybridized carbons (Fsp3) is 0.188. The average molecular weight is 318 g/mol. The number of nitrogens with one attached hydrogen (secondary N) is 1. The molecule has 6 nitrogen and oxygen atoms in total. The molecule has 0 fully saturated rings. The zero-order valence-electron chi connectivity index (χ0n) is 12.2. The van der Waals surface area contributed by atoms with Gasteiger partial charge in [0.2, 0.25) is 5.91 Å². The first-order chi connectivity index (χ1) is 11.0. The molecule has 23 heavy (non-hydrogen) atoms. The van der Waals surface area contributed by atoms with Crippen molar-refractivity contribution < 1.29 is 18.8 Å².